The van der Waals surface area contributed by atoms with Gasteiger partial charge in [0.25, 0.3) is 0 Å². The number of nitrogens with one attached hydrogen (secondary N) is 2. The quantitative estimate of drug-likeness (QED) is 0.596. The fourth-order valence-corrected chi connectivity index (χ4v) is 3.31. The van der Waals surface area contributed by atoms with Gasteiger partial charge in [-0.25, -0.2) is 4.39 Å². The predicted molar refractivity (Wildman–Crippen MR) is 103 cm³/mol. The molecule has 3 rings (SSSR count). The first-order valence-electron chi connectivity index (χ1n) is 9.48. The van der Waals surface area contributed by atoms with E-state index in [2.05, 4.69) is 10.9 Å². The highest BCUT2D eigenvalue weighted by atomic mass is 19.1. The van der Waals surface area contributed by atoms with E-state index < -0.39 is 11.8 Å². The molecule has 6 heteroatoms. The number of aryl methyl sites for hydroxylation is 2. The number of amides is 2. The molecule has 0 spiro atoms. The normalized spacial score (nSPS) is 12.8. The molecule has 0 bridgehead atoms. The van der Waals surface area contributed by atoms with Crippen molar-refractivity contribution in [1.82, 2.24) is 10.9 Å². The highest BCUT2D eigenvalue weighted by molar-refractivity contribution is 5.98. The molecule has 2 amide bonds. The molecule has 0 saturated carbocycles. The van der Waals surface area contributed by atoms with Gasteiger partial charge in [0.1, 0.15) is 5.82 Å². The Balaban J connectivity index is 1.41. The van der Waals surface area contributed by atoms with Gasteiger partial charge < -0.3 is 0 Å². The summed E-state index contributed by atoms with van der Waals surface area (Å²) >= 11 is 0. The Hall–Kier alpha value is -3.02. The molecule has 0 fully saturated rings. The van der Waals surface area contributed by atoms with Gasteiger partial charge in [0, 0.05) is 18.4 Å². The molecule has 2 aromatic rings. The number of benzene rings is 2. The first-order valence-corrected chi connectivity index (χ1v) is 9.48. The van der Waals surface area contributed by atoms with Gasteiger partial charge in [0.05, 0.1) is 6.42 Å². The van der Waals surface area contributed by atoms with Crippen molar-refractivity contribution in [2.75, 3.05) is 0 Å². The van der Waals surface area contributed by atoms with Crippen molar-refractivity contribution in [3.8, 4) is 0 Å². The van der Waals surface area contributed by atoms with E-state index in [-0.39, 0.29) is 30.9 Å². The van der Waals surface area contributed by atoms with Crippen LogP contribution in [0.4, 0.5) is 4.39 Å². The Morgan fingerprint density at radius 2 is 1.50 bits per heavy atom. The molecule has 0 radical (unpaired) electrons. The number of carbonyl (C=O) groups is 3. The van der Waals surface area contributed by atoms with Crippen LogP contribution in [0.25, 0.3) is 0 Å². The van der Waals surface area contributed by atoms with Crippen LogP contribution >= 0.6 is 0 Å². The molecule has 1 aliphatic carbocycles. The van der Waals surface area contributed by atoms with E-state index in [9.17, 15) is 18.8 Å². The number of carbonyl (C=O) groups excluding carboxylic acids is 3. The Labute approximate surface area is 163 Å². The van der Waals surface area contributed by atoms with Crippen LogP contribution in [-0.4, -0.2) is 17.6 Å². The van der Waals surface area contributed by atoms with Gasteiger partial charge in [-0.15, -0.1) is 0 Å². The van der Waals surface area contributed by atoms with E-state index in [1.807, 2.05) is 18.2 Å². The van der Waals surface area contributed by atoms with Crippen molar-refractivity contribution < 1.29 is 18.8 Å². The van der Waals surface area contributed by atoms with Crippen molar-refractivity contribution in [3.05, 3.63) is 70.5 Å². The molecule has 0 saturated heterocycles. The molecule has 146 valence electrons. The van der Waals surface area contributed by atoms with E-state index in [0.29, 0.717) is 11.1 Å². The smallest absolute Gasteiger partial charge is 0.242 e. The van der Waals surface area contributed by atoms with Crippen LogP contribution in [-0.2, 0) is 28.9 Å². The lowest BCUT2D eigenvalue weighted by Crippen LogP contribution is -2.42. The zero-order valence-electron chi connectivity index (χ0n) is 15.6. The minimum absolute atomic E-state index is 0.00720. The Bertz CT molecular complexity index is 878. The molecular formula is C22H23FN2O3. The van der Waals surface area contributed by atoms with Gasteiger partial charge in [0.15, 0.2) is 5.78 Å². The van der Waals surface area contributed by atoms with Crippen molar-refractivity contribution in [3.63, 3.8) is 0 Å². The van der Waals surface area contributed by atoms with Crippen molar-refractivity contribution in [2.24, 2.45) is 0 Å². The van der Waals surface area contributed by atoms with Gasteiger partial charge in [0.2, 0.25) is 11.8 Å². The molecule has 28 heavy (non-hydrogen) atoms. The first-order chi connectivity index (χ1) is 13.5. The molecule has 1 aliphatic rings. The zero-order chi connectivity index (χ0) is 19.9. The standard InChI is InChI=1S/C22H23FN2O3/c23-19-9-5-15(6-10-19)13-22(28)25-24-21(27)12-11-20(26)18-8-7-16-3-1-2-4-17(16)14-18/h5-10,14H,1-4,11-13H2,(H,24,27)(H,25,28). The maximum absolute atomic E-state index is 12.8. The summed E-state index contributed by atoms with van der Waals surface area (Å²) in [6.07, 6.45) is 4.48. The Morgan fingerprint density at radius 1 is 0.821 bits per heavy atom. The van der Waals surface area contributed by atoms with Crippen LogP contribution < -0.4 is 10.9 Å². The summed E-state index contributed by atoms with van der Waals surface area (Å²) in [4.78, 5) is 36.0. The number of fused-ring (bicyclic) bond motifs is 1. The second-order valence-corrected chi connectivity index (χ2v) is 7.01. The van der Waals surface area contributed by atoms with Crippen LogP contribution in [0.3, 0.4) is 0 Å². The summed E-state index contributed by atoms with van der Waals surface area (Å²) in [6, 6.07) is 11.3. The maximum Gasteiger partial charge on any atom is 0.242 e. The van der Waals surface area contributed by atoms with Gasteiger partial charge in [-0.1, -0.05) is 24.3 Å². The van der Waals surface area contributed by atoms with Crippen LogP contribution in [0.15, 0.2) is 42.5 Å². The number of rotatable bonds is 6. The van der Waals surface area contributed by atoms with Crippen molar-refractivity contribution >= 4 is 17.6 Å². The lowest BCUT2D eigenvalue weighted by Gasteiger charge is -2.16. The third-order valence-electron chi connectivity index (χ3n) is 4.87. The van der Waals surface area contributed by atoms with Gasteiger partial charge in [-0.05, 0) is 60.6 Å². The Kier molecular flexibility index (Phi) is 6.53. The largest absolute Gasteiger partial charge is 0.294 e. The predicted octanol–water partition coefficient (Wildman–Crippen LogP) is 3.06. The van der Waals surface area contributed by atoms with Crippen molar-refractivity contribution in [2.45, 2.75) is 44.9 Å². The summed E-state index contributed by atoms with van der Waals surface area (Å²) in [5.74, 6) is -1.30. The zero-order valence-corrected chi connectivity index (χ0v) is 15.6. The molecular weight excluding hydrogens is 359 g/mol. The number of Topliss-reactive ketones (excluding diaryl/α,β-unsaturated/α-hetero) is 1. The van der Waals surface area contributed by atoms with E-state index in [4.69, 9.17) is 0 Å². The third-order valence-corrected chi connectivity index (χ3v) is 4.87. The number of halogens is 1. The van der Waals surface area contributed by atoms with E-state index in [1.54, 1.807) is 0 Å². The van der Waals surface area contributed by atoms with E-state index >= 15 is 0 Å². The number of ketones is 1. The summed E-state index contributed by atoms with van der Waals surface area (Å²) in [7, 11) is 0. The average Bonchev–Trinajstić information content (AvgIpc) is 2.71. The fourth-order valence-electron chi connectivity index (χ4n) is 3.31. The van der Waals surface area contributed by atoms with Gasteiger partial charge >= 0.3 is 0 Å². The highest BCUT2D eigenvalue weighted by Gasteiger charge is 2.14. The van der Waals surface area contributed by atoms with Crippen molar-refractivity contribution in [1.29, 1.82) is 0 Å². The Morgan fingerprint density at radius 3 is 2.25 bits per heavy atom. The number of hydrogen-bond donors (Lipinski definition) is 2. The first kappa shape index (κ1) is 19.7. The minimum atomic E-state index is -0.432. The molecule has 0 unspecified atom stereocenters. The fraction of sp³-hybridized carbons (Fsp3) is 0.318. The molecule has 0 heterocycles. The second kappa shape index (κ2) is 9.26. The average molecular weight is 382 g/mol. The molecule has 0 atom stereocenters. The van der Waals surface area contributed by atoms with E-state index in [0.717, 1.165) is 19.3 Å². The molecule has 2 N–H and O–H groups in total. The highest BCUT2D eigenvalue weighted by Crippen LogP contribution is 2.22. The van der Waals surface area contributed by atoms with Gasteiger partial charge in [-0.2, -0.15) is 0 Å². The maximum atomic E-state index is 12.8. The van der Waals surface area contributed by atoms with Crippen LogP contribution in [0.5, 0.6) is 0 Å². The topological polar surface area (TPSA) is 75.3 Å². The summed E-state index contributed by atoms with van der Waals surface area (Å²) in [6.45, 7) is 0. The number of hydrogen-bond acceptors (Lipinski definition) is 3. The summed E-state index contributed by atoms with van der Waals surface area (Å²) in [5, 5.41) is 0. The summed E-state index contributed by atoms with van der Waals surface area (Å²) < 4.78 is 12.8. The lowest BCUT2D eigenvalue weighted by molar-refractivity contribution is -0.128. The monoisotopic (exact) mass is 382 g/mol. The molecule has 0 aliphatic heterocycles. The van der Waals surface area contributed by atoms with Crippen LogP contribution in [0.1, 0.15) is 52.7 Å². The minimum Gasteiger partial charge on any atom is -0.294 e. The SMILES string of the molecule is O=C(CCC(=O)c1ccc2c(c1)CCCC2)NNC(=O)Cc1ccc(F)cc1. The molecule has 2 aromatic carbocycles. The summed E-state index contributed by atoms with van der Waals surface area (Å²) in [5.41, 5.74) is 8.42. The number of hydrazine groups is 1. The van der Waals surface area contributed by atoms with E-state index in [1.165, 1.54) is 41.8 Å². The van der Waals surface area contributed by atoms with Crippen LogP contribution in [0, 0.1) is 5.82 Å². The third kappa shape index (κ3) is 5.49. The molecule has 0 aromatic heterocycles. The lowest BCUT2D eigenvalue weighted by atomic mass is 9.89. The second-order valence-electron chi connectivity index (χ2n) is 7.01. The van der Waals surface area contributed by atoms with Crippen LogP contribution in [0.2, 0.25) is 0 Å². The van der Waals surface area contributed by atoms with Gasteiger partial charge in [-0.3, -0.25) is 25.2 Å². The molecule has 5 nitrogen and oxygen atoms in total.